The molecule has 3 amide bonds. The molecule has 0 aliphatic heterocycles. The number of halogens is 1. The first-order chi connectivity index (χ1) is 8.00. The average molecular weight is 256 g/mol. The van der Waals surface area contributed by atoms with Gasteiger partial charge in [0.1, 0.15) is 5.38 Å². The first-order valence-corrected chi connectivity index (χ1v) is 5.57. The van der Waals surface area contributed by atoms with Gasteiger partial charge in [0.05, 0.1) is 12.2 Å². The number of hydrogen-bond donors (Lipinski definition) is 2. The van der Waals surface area contributed by atoms with Crippen molar-refractivity contribution in [3.05, 3.63) is 29.6 Å². The van der Waals surface area contributed by atoms with Crippen molar-refractivity contribution >= 4 is 23.5 Å². The van der Waals surface area contributed by atoms with Crippen LogP contribution in [0.4, 0.5) is 4.79 Å². The van der Waals surface area contributed by atoms with Crippen LogP contribution in [-0.2, 0) is 11.3 Å². The van der Waals surface area contributed by atoms with E-state index in [1.165, 1.54) is 6.92 Å². The summed E-state index contributed by atoms with van der Waals surface area (Å²) in [6.07, 6.45) is 1.65. The van der Waals surface area contributed by atoms with Crippen molar-refractivity contribution in [2.45, 2.75) is 25.8 Å². The minimum absolute atomic E-state index is 0.266. The zero-order chi connectivity index (χ0) is 12.8. The van der Waals surface area contributed by atoms with Crippen LogP contribution in [0, 0.1) is 6.92 Å². The van der Waals surface area contributed by atoms with E-state index in [4.69, 9.17) is 11.6 Å². The highest BCUT2D eigenvalue weighted by molar-refractivity contribution is 6.31. The maximum Gasteiger partial charge on any atom is 0.321 e. The second kappa shape index (κ2) is 6.20. The smallest absolute Gasteiger partial charge is 0.321 e. The summed E-state index contributed by atoms with van der Waals surface area (Å²) in [4.78, 5) is 26.5. The molecule has 1 atom stereocenters. The Balaban J connectivity index is 2.44. The van der Waals surface area contributed by atoms with Gasteiger partial charge in [-0.3, -0.25) is 15.1 Å². The van der Waals surface area contributed by atoms with E-state index in [1.807, 2.05) is 19.1 Å². The molecule has 0 aliphatic carbocycles. The minimum atomic E-state index is -0.739. The third-order valence-electron chi connectivity index (χ3n) is 2.13. The molecule has 92 valence electrons. The maximum atomic E-state index is 11.3. The Morgan fingerprint density at radius 3 is 2.82 bits per heavy atom. The van der Waals surface area contributed by atoms with Gasteiger partial charge in [-0.05, 0) is 25.5 Å². The van der Waals surface area contributed by atoms with E-state index in [0.717, 1.165) is 11.3 Å². The van der Waals surface area contributed by atoms with Crippen LogP contribution in [0.1, 0.15) is 18.2 Å². The van der Waals surface area contributed by atoms with Crippen LogP contribution in [0.25, 0.3) is 0 Å². The highest BCUT2D eigenvalue weighted by atomic mass is 35.5. The number of rotatable bonds is 3. The third-order valence-corrected chi connectivity index (χ3v) is 2.33. The van der Waals surface area contributed by atoms with E-state index in [2.05, 4.69) is 15.6 Å². The van der Waals surface area contributed by atoms with Gasteiger partial charge in [-0.1, -0.05) is 6.07 Å². The van der Waals surface area contributed by atoms with Gasteiger partial charge >= 0.3 is 6.03 Å². The van der Waals surface area contributed by atoms with Crippen molar-refractivity contribution in [2.75, 3.05) is 0 Å². The summed E-state index contributed by atoms with van der Waals surface area (Å²) in [7, 11) is 0. The number of hydrogen-bond acceptors (Lipinski definition) is 3. The number of imide groups is 1. The van der Waals surface area contributed by atoms with Crippen molar-refractivity contribution in [3.8, 4) is 0 Å². The van der Waals surface area contributed by atoms with Crippen molar-refractivity contribution in [3.63, 3.8) is 0 Å². The SMILES string of the molecule is Cc1cccnc1CNC(=O)NC(=O)C(C)Cl. The van der Waals surface area contributed by atoms with Gasteiger partial charge in [0.2, 0.25) is 5.91 Å². The number of urea groups is 1. The molecule has 0 aromatic carbocycles. The first kappa shape index (κ1) is 13.4. The van der Waals surface area contributed by atoms with E-state index in [9.17, 15) is 9.59 Å². The molecule has 1 aromatic rings. The van der Waals surface area contributed by atoms with Crippen molar-refractivity contribution in [1.29, 1.82) is 0 Å². The Morgan fingerprint density at radius 2 is 2.24 bits per heavy atom. The molecule has 0 saturated carbocycles. The van der Waals surface area contributed by atoms with Crippen LogP contribution < -0.4 is 10.6 Å². The quantitative estimate of drug-likeness (QED) is 0.801. The molecule has 1 aromatic heterocycles. The molecule has 6 heteroatoms. The monoisotopic (exact) mass is 255 g/mol. The number of amides is 3. The summed E-state index contributed by atoms with van der Waals surface area (Å²) in [6, 6.07) is 3.14. The third kappa shape index (κ3) is 4.40. The number of aryl methyl sites for hydroxylation is 1. The lowest BCUT2D eigenvalue weighted by Gasteiger charge is -2.08. The lowest BCUT2D eigenvalue weighted by molar-refractivity contribution is -0.119. The molecule has 0 bridgehead atoms. The van der Waals surface area contributed by atoms with Crippen LogP contribution in [0.3, 0.4) is 0 Å². The fraction of sp³-hybridized carbons (Fsp3) is 0.364. The summed E-state index contributed by atoms with van der Waals surface area (Å²) in [5.74, 6) is -0.526. The van der Waals surface area contributed by atoms with Crippen LogP contribution in [0.2, 0.25) is 0 Å². The number of alkyl halides is 1. The van der Waals surface area contributed by atoms with Crippen LogP contribution in [0.15, 0.2) is 18.3 Å². The van der Waals surface area contributed by atoms with Crippen molar-refractivity contribution in [2.24, 2.45) is 0 Å². The predicted octanol–water partition coefficient (Wildman–Crippen LogP) is 1.34. The van der Waals surface area contributed by atoms with Gasteiger partial charge in [0.15, 0.2) is 0 Å². The van der Waals surface area contributed by atoms with Gasteiger partial charge in [0, 0.05) is 6.20 Å². The van der Waals surface area contributed by atoms with E-state index in [0.29, 0.717) is 0 Å². The number of nitrogens with zero attached hydrogens (tertiary/aromatic N) is 1. The number of aromatic nitrogens is 1. The number of nitrogens with one attached hydrogen (secondary N) is 2. The summed E-state index contributed by atoms with van der Waals surface area (Å²) < 4.78 is 0. The molecular weight excluding hydrogens is 242 g/mol. The van der Waals surface area contributed by atoms with Gasteiger partial charge in [0.25, 0.3) is 0 Å². The highest BCUT2D eigenvalue weighted by Gasteiger charge is 2.12. The molecule has 0 saturated heterocycles. The largest absolute Gasteiger partial charge is 0.332 e. The van der Waals surface area contributed by atoms with E-state index < -0.39 is 17.3 Å². The molecular formula is C11H14ClN3O2. The molecule has 0 spiro atoms. The molecule has 1 unspecified atom stereocenters. The highest BCUT2D eigenvalue weighted by Crippen LogP contribution is 2.01. The second-order valence-corrected chi connectivity index (χ2v) is 4.21. The first-order valence-electron chi connectivity index (χ1n) is 5.14. The Hall–Kier alpha value is -1.62. The fourth-order valence-electron chi connectivity index (χ4n) is 1.12. The van der Waals surface area contributed by atoms with Crippen molar-refractivity contribution < 1.29 is 9.59 Å². The lowest BCUT2D eigenvalue weighted by atomic mass is 10.2. The number of carbonyl (C=O) groups excluding carboxylic acids is 2. The molecule has 0 aliphatic rings. The van der Waals surface area contributed by atoms with Gasteiger partial charge in [-0.15, -0.1) is 11.6 Å². The Labute approximate surface area is 105 Å². The normalized spacial score (nSPS) is 11.7. The Morgan fingerprint density at radius 1 is 1.53 bits per heavy atom. The van der Waals surface area contributed by atoms with Crippen LogP contribution >= 0.6 is 11.6 Å². The number of carbonyl (C=O) groups is 2. The Bertz CT molecular complexity index is 421. The molecule has 1 rings (SSSR count). The molecule has 0 fully saturated rings. The summed E-state index contributed by atoms with van der Waals surface area (Å²) in [5, 5.41) is 3.92. The van der Waals surface area contributed by atoms with Crippen molar-refractivity contribution in [1.82, 2.24) is 15.6 Å². The van der Waals surface area contributed by atoms with Gasteiger partial charge in [-0.2, -0.15) is 0 Å². The van der Waals surface area contributed by atoms with Crippen LogP contribution in [0.5, 0.6) is 0 Å². The summed E-state index contributed by atoms with van der Waals surface area (Å²) in [6.45, 7) is 3.66. The minimum Gasteiger partial charge on any atom is -0.332 e. The second-order valence-electron chi connectivity index (χ2n) is 3.55. The zero-order valence-corrected chi connectivity index (χ0v) is 10.4. The average Bonchev–Trinajstić information content (AvgIpc) is 2.27. The van der Waals surface area contributed by atoms with E-state index in [1.54, 1.807) is 6.20 Å². The van der Waals surface area contributed by atoms with Crippen LogP contribution in [-0.4, -0.2) is 22.3 Å². The molecule has 0 radical (unpaired) electrons. The summed E-state index contributed by atoms with van der Waals surface area (Å²) in [5.41, 5.74) is 1.74. The van der Waals surface area contributed by atoms with E-state index in [-0.39, 0.29) is 6.54 Å². The maximum absolute atomic E-state index is 11.3. The fourth-order valence-corrected chi connectivity index (χ4v) is 1.18. The number of pyridine rings is 1. The topological polar surface area (TPSA) is 71.1 Å². The lowest BCUT2D eigenvalue weighted by Crippen LogP contribution is -2.42. The molecule has 17 heavy (non-hydrogen) atoms. The van der Waals surface area contributed by atoms with Gasteiger partial charge in [-0.25, -0.2) is 4.79 Å². The zero-order valence-electron chi connectivity index (χ0n) is 9.66. The van der Waals surface area contributed by atoms with Gasteiger partial charge < -0.3 is 5.32 Å². The molecule has 1 heterocycles. The molecule has 2 N–H and O–H groups in total. The Kier molecular flexibility index (Phi) is 4.90. The van der Waals surface area contributed by atoms with E-state index >= 15 is 0 Å². The standard InChI is InChI=1S/C11H14ClN3O2/c1-7-4-3-5-13-9(7)6-14-11(17)15-10(16)8(2)12/h3-5,8H,6H2,1-2H3,(H2,14,15,16,17). The predicted molar refractivity (Wildman–Crippen MR) is 64.7 cm³/mol. The summed E-state index contributed by atoms with van der Waals surface area (Å²) >= 11 is 5.51. The molecule has 5 nitrogen and oxygen atoms in total.